The summed E-state index contributed by atoms with van der Waals surface area (Å²) in [6, 6.07) is 10.4. The minimum atomic E-state index is 0. The van der Waals surface area contributed by atoms with Crippen LogP contribution in [0.25, 0.3) is 6.08 Å². The zero-order chi connectivity index (χ0) is 14.5. The van der Waals surface area contributed by atoms with Crippen LogP contribution in [0.15, 0.2) is 41.8 Å². The lowest BCUT2D eigenvalue weighted by Gasteiger charge is -2.20. The van der Waals surface area contributed by atoms with Gasteiger partial charge in [-0.2, -0.15) is 0 Å². The molecule has 0 radical (unpaired) electrons. The van der Waals surface area contributed by atoms with Crippen molar-refractivity contribution in [3.8, 4) is 11.5 Å². The minimum absolute atomic E-state index is 0. The highest BCUT2D eigenvalue weighted by Crippen LogP contribution is 2.30. The van der Waals surface area contributed by atoms with Crippen molar-refractivity contribution in [2.45, 2.75) is 6.54 Å². The van der Waals surface area contributed by atoms with Crippen LogP contribution in [0.5, 0.6) is 11.5 Å². The van der Waals surface area contributed by atoms with Crippen molar-refractivity contribution in [1.82, 2.24) is 4.90 Å². The summed E-state index contributed by atoms with van der Waals surface area (Å²) in [7, 11) is 2.12. The molecule has 1 aliphatic heterocycles. The number of hydrogen-bond donors (Lipinski definition) is 0. The maximum absolute atomic E-state index is 5.62. The zero-order valence-electron chi connectivity index (χ0n) is 12.5. The van der Waals surface area contributed by atoms with Crippen molar-refractivity contribution in [3.05, 3.63) is 52.2 Å². The minimum Gasteiger partial charge on any atom is -0.486 e. The first kappa shape index (κ1) is 16.9. The number of ether oxygens (including phenoxy) is 2. The van der Waals surface area contributed by atoms with Crippen LogP contribution in [0.2, 0.25) is 0 Å². The Morgan fingerprint density at radius 3 is 2.77 bits per heavy atom. The molecule has 22 heavy (non-hydrogen) atoms. The Labute approximate surface area is 141 Å². The summed E-state index contributed by atoms with van der Waals surface area (Å²) < 4.78 is 11.2. The second-order valence-corrected chi connectivity index (χ2v) is 6.07. The highest BCUT2D eigenvalue weighted by Gasteiger charge is 2.12. The Balaban J connectivity index is 0.00000176. The van der Waals surface area contributed by atoms with E-state index in [2.05, 4.69) is 53.7 Å². The summed E-state index contributed by atoms with van der Waals surface area (Å²) in [5.41, 5.74) is 1.24. The van der Waals surface area contributed by atoms with E-state index in [1.807, 2.05) is 6.07 Å². The van der Waals surface area contributed by atoms with Gasteiger partial charge in [-0.15, -0.1) is 23.7 Å². The Morgan fingerprint density at radius 1 is 1.18 bits per heavy atom. The van der Waals surface area contributed by atoms with Crippen LogP contribution in [0.4, 0.5) is 0 Å². The van der Waals surface area contributed by atoms with Crippen LogP contribution < -0.4 is 9.47 Å². The van der Waals surface area contributed by atoms with E-state index in [4.69, 9.17) is 9.47 Å². The van der Waals surface area contributed by atoms with Gasteiger partial charge in [0.1, 0.15) is 13.2 Å². The van der Waals surface area contributed by atoms with E-state index in [1.165, 1.54) is 10.4 Å². The smallest absolute Gasteiger partial charge is 0.161 e. The average molecular weight is 338 g/mol. The molecule has 1 aromatic carbocycles. The van der Waals surface area contributed by atoms with Gasteiger partial charge >= 0.3 is 0 Å². The van der Waals surface area contributed by atoms with Gasteiger partial charge in [-0.25, -0.2) is 0 Å². The molecule has 2 heterocycles. The molecule has 0 bridgehead atoms. The number of fused-ring (bicyclic) bond motifs is 1. The molecule has 0 aliphatic carbocycles. The van der Waals surface area contributed by atoms with Gasteiger partial charge in [0, 0.05) is 18.0 Å². The summed E-state index contributed by atoms with van der Waals surface area (Å²) in [6.45, 7) is 3.09. The number of halogens is 1. The van der Waals surface area contributed by atoms with E-state index in [0.29, 0.717) is 13.2 Å². The first-order valence-electron chi connectivity index (χ1n) is 7.08. The van der Waals surface area contributed by atoms with Gasteiger partial charge < -0.3 is 9.47 Å². The molecule has 0 N–H and O–H groups in total. The van der Waals surface area contributed by atoms with E-state index in [1.54, 1.807) is 11.3 Å². The van der Waals surface area contributed by atoms with Crippen molar-refractivity contribution < 1.29 is 9.47 Å². The fourth-order valence-corrected chi connectivity index (χ4v) is 2.94. The van der Waals surface area contributed by atoms with Crippen LogP contribution in [-0.4, -0.2) is 31.7 Å². The van der Waals surface area contributed by atoms with Crippen molar-refractivity contribution in [2.75, 3.05) is 26.8 Å². The van der Waals surface area contributed by atoms with Crippen LogP contribution >= 0.6 is 23.7 Å². The molecule has 0 saturated carbocycles. The Hall–Kier alpha value is -1.49. The van der Waals surface area contributed by atoms with Gasteiger partial charge in [-0.1, -0.05) is 18.2 Å². The second-order valence-electron chi connectivity index (χ2n) is 5.09. The molecule has 0 unspecified atom stereocenters. The molecule has 1 aromatic heterocycles. The SMILES string of the molecule is CN(C/C=C/c1cccs1)Cc1ccc2c(c1)OCCO2.Cl. The summed E-state index contributed by atoms with van der Waals surface area (Å²) in [6.07, 6.45) is 4.37. The largest absolute Gasteiger partial charge is 0.486 e. The average Bonchev–Trinajstić information content (AvgIpc) is 3.00. The molecule has 3 nitrogen and oxygen atoms in total. The number of likely N-dealkylation sites (N-methyl/N-ethyl adjacent to an activating group) is 1. The molecule has 0 spiro atoms. The normalized spacial score (nSPS) is 13.4. The van der Waals surface area contributed by atoms with Gasteiger partial charge in [0.15, 0.2) is 11.5 Å². The Kier molecular flexibility index (Phi) is 6.31. The van der Waals surface area contributed by atoms with Gasteiger partial charge in [0.05, 0.1) is 0 Å². The molecule has 1 aliphatic rings. The molecule has 0 atom stereocenters. The molecule has 118 valence electrons. The number of rotatable bonds is 5. The van der Waals surface area contributed by atoms with Crippen LogP contribution in [0.3, 0.4) is 0 Å². The van der Waals surface area contributed by atoms with E-state index in [-0.39, 0.29) is 12.4 Å². The number of hydrogen-bond acceptors (Lipinski definition) is 4. The maximum Gasteiger partial charge on any atom is 0.161 e. The highest BCUT2D eigenvalue weighted by molar-refractivity contribution is 7.10. The van der Waals surface area contributed by atoms with Crippen LogP contribution in [-0.2, 0) is 6.54 Å². The predicted octanol–water partition coefficient (Wildman–Crippen LogP) is 4.09. The lowest BCUT2D eigenvalue weighted by Crippen LogP contribution is -2.19. The van der Waals surface area contributed by atoms with Gasteiger partial charge in [-0.3, -0.25) is 4.90 Å². The van der Waals surface area contributed by atoms with Crippen molar-refractivity contribution in [1.29, 1.82) is 0 Å². The quantitative estimate of drug-likeness (QED) is 0.820. The predicted molar refractivity (Wildman–Crippen MR) is 94.4 cm³/mol. The number of benzene rings is 1. The van der Waals surface area contributed by atoms with E-state index in [0.717, 1.165) is 24.6 Å². The third kappa shape index (κ3) is 4.50. The molecular formula is C17H20ClNO2S. The van der Waals surface area contributed by atoms with Gasteiger partial charge in [-0.05, 0) is 42.3 Å². The summed E-state index contributed by atoms with van der Waals surface area (Å²) in [4.78, 5) is 3.57. The third-order valence-electron chi connectivity index (χ3n) is 3.30. The molecule has 0 fully saturated rings. The summed E-state index contributed by atoms with van der Waals surface area (Å²) >= 11 is 1.76. The first-order valence-corrected chi connectivity index (χ1v) is 7.96. The molecular weight excluding hydrogens is 318 g/mol. The first-order chi connectivity index (χ1) is 10.3. The Morgan fingerprint density at radius 2 is 2.00 bits per heavy atom. The monoisotopic (exact) mass is 337 g/mol. The van der Waals surface area contributed by atoms with Crippen molar-refractivity contribution in [3.63, 3.8) is 0 Å². The fourth-order valence-electron chi connectivity index (χ4n) is 2.30. The van der Waals surface area contributed by atoms with E-state index < -0.39 is 0 Å². The van der Waals surface area contributed by atoms with Crippen molar-refractivity contribution in [2.24, 2.45) is 0 Å². The van der Waals surface area contributed by atoms with Crippen molar-refractivity contribution >= 4 is 29.8 Å². The molecule has 2 aromatic rings. The van der Waals surface area contributed by atoms with E-state index >= 15 is 0 Å². The molecule has 3 rings (SSSR count). The Bertz CT molecular complexity index is 613. The molecule has 5 heteroatoms. The standard InChI is InChI=1S/C17H19NO2S.ClH/c1-18(8-2-4-15-5-3-11-21-15)13-14-6-7-16-17(12-14)20-10-9-19-16;/h2-7,11-12H,8-10,13H2,1H3;1H/b4-2+;. The number of thiophene rings is 1. The van der Waals surface area contributed by atoms with Crippen LogP contribution in [0, 0.1) is 0 Å². The summed E-state index contributed by atoms with van der Waals surface area (Å²) in [5.74, 6) is 1.71. The fraction of sp³-hybridized carbons (Fsp3) is 0.294. The maximum atomic E-state index is 5.62. The zero-order valence-corrected chi connectivity index (χ0v) is 14.2. The van der Waals surface area contributed by atoms with Gasteiger partial charge in [0.2, 0.25) is 0 Å². The number of nitrogens with zero attached hydrogens (tertiary/aromatic N) is 1. The topological polar surface area (TPSA) is 21.7 Å². The summed E-state index contributed by atoms with van der Waals surface area (Å²) in [5, 5.41) is 2.10. The van der Waals surface area contributed by atoms with Crippen LogP contribution in [0.1, 0.15) is 10.4 Å². The third-order valence-corrected chi connectivity index (χ3v) is 4.14. The second kappa shape index (κ2) is 8.22. The highest BCUT2D eigenvalue weighted by atomic mass is 35.5. The molecule has 0 amide bonds. The lowest BCUT2D eigenvalue weighted by molar-refractivity contribution is 0.171. The molecule has 0 saturated heterocycles. The van der Waals surface area contributed by atoms with E-state index in [9.17, 15) is 0 Å². The van der Waals surface area contributed by atoms with Gasteiger partial charge in [0.25, 0.3) is 0 Å². The lowest BCUT2D eigenvalue weighted by atomic mass is 10.2.